The molecule has 0 radical (unpaired) electrons. The minimum Gasteiger partial charge on any atom is -0.390 e. The van der Waals surface area contributed by atoms with Crippen molar-refractivity contribution in [2.45, 2.75) is 24.7 Å². The molecule has 2 amide bonds. The highest BCUT2D eigenvalue weighted by Gasteiger charge is 2.32. The number of alkyl halides is 2. The van der Waals surface area contributed by atoms with Crippen LogP contribution in [-0.2, 0) is 15.5 Å². The van der Waals surface area contributed by atoms with Crippen LogP contribution in [-0.4, -0.2) is 23.5 Å². The fraction of sp³-hybridized carbons (Fsp3) is 0.385. The average Bonchev–Trinajstić information content (AvgIpc) is 2.39. The third kappa shape index (κ3) is 2.78. The minimum atomic E-state index is -3.29. The van der Waals surface area contributed by atoms with Crippen LogP contribution in [0.5, 0.6) is 0 Å². The van der Waals surface area contributed by atoms with Gasteiger partial charge >= 0.3 is 0 Å². The van der Waals surface area contributed by atoms with E-state index in [9.17, 15) is 18.4 Å². The summed E-state index contributed by atoms with van der Waals surface area (Å²) >= 11 is 0. The standard InChI is InChI=1S/C13H13F2NO3/c14-13(15,7-17)9-3-1-8(2-4-9)10-5-6-11(18)16-12(10)19/h1-4,10,17H,5-7H2,(H,16,18,19). The number of aliphatic hydroxyl groups is 1. The monoisotopic (exact) mass is 269 g/mol. The van der Waals surface area contributed by atoms with Crippen molar-refractivity contribution >= 4 is 11.8 Å². The van der Waals surface area contributed by atoms with Crippen LogP contribution in [0.4, 0.5) is 8.78 Å². The molecule has 2 rings (SSSR count). The number of benzene rings is 1. The Kier molecular flexibility index (Phi) is 3.61. The zero-order valence-corrected chi connectivity index (χ0v) is 10.0. The molecule has 0 saturated carbocycles. The van der Waals surface area contributed by atoms with E-state index in [0.29, 0.717) is 12.0 Å². The number of aliphatic hydroxyl groups excluding tert-OH is 1. The Morgan fingerprint density at radius 1 is 1.26 bits per heavy atom. The molecular weight excluding hydrogens is 256 g/mol. The normalized spacial score (nSPS) is 20.3. The number of imide groups is 1. The van der Waals surface area contributed by atoms with Crippen molar-refractivity contribution in [1.82, 2.24) is 5.32 Å². The van der Waals surface area contributed by atoms with Gasteiger partial charge in [0.1, 0.15) is 6.61 Å². The molecule has 102 valence electrons. The van der Waals surface area contributed by atoms with E-state index in [1.165, 1.54) is 24.3 Å². The molecule has 1 unspecified atom stereocenters. The lowest BCUT2D eigenvalue weighted by Crippen LogP contribution is -2.39. The SMILES string of the molecule is O=C1CCC(c2ccc(C(F)(F)CO)cc2)C(=O)N1. The third-order valence-electron chi connectivity index (χ3n) is 3.17. The number of hydrogen-bond donors (Lipinski definition) is 2. The van der Waals surface area contributed by atoms with E-state index in [1.54, 1.807) is 0 Å². The summed E-state index contributed by atoms with van der Waals surface area (Å²) in [5, 5.41) is 10.8. The molecule has 1 fully saturated rings. The number of rotatable bonds is 3. The maximum absolute atomic E-state index is 13.2. The fourth-order valence-electron chi connectivity index (χ4n) is 2.06. The van der Waals surface area contributed by atoms with Gasteiger partial charge in [-0.3, -0.25) is 14.9 Å². The second-order valence-corrected chi connectivity index (χ2v) is 4.49. The Hall–Kier alpha value is -1.82. The van der Waals surface area contributed by atoms with E-state index < -0.39 is 24.4 Å². The summed E-state index contributed by atoms with van der Waals surface area (Å²) < 4.78 is 26.4. The molecule has 1 atom stereocenters. The minimum absolute atomic E-state index is 0.241. The van der Waals surface area contributed by atoms with Gasteiger partial charge in [-0.15, -0.1) is 0 Å². The summed E-state index contributed by atoms with van der Waals surface area (Å²) in [6.45, 7) is -1.26. The van der Waals surface area contributed by atoms with Crippen LogP contribution >= 0.6 is 0 Å². The Morgan fingerprint density at radius 2 is 1.89 bits per heavy atom. The lowest BCUT2D eigenvalue weighted by Gasteiger charge is -2.21. The van der Waals surface area contributed by atoms with Crippen molar-refractivity contribution in [1.29, 1.82) is 0 Å². The van der Waals surface area contributed by atoms with Crippen LogP contribution in [0.2, 0.25) is 0 Å². The number of amides is 2. The molecule has 0 spiro atoms. The third-order valence-corrected chi connectivity index (χ3v) is 3.17. The van der Waals surface area contributed by atoms with Crippen molar-refractivity contribution in [2.75, 3.05) is 6.61 Å². The Labute approximate surface area is 108 Å². The van der Waals surface area contributed by atoms with Gasteiger partial charge in [0.05, 0.1) is 5.92 Å². The first-order chi connectivity index (χ1) is 8.94. The number of carbonyl (C=O) groups is 2. The maximum Gasteiger partial charge on any atom is 0.295 e. The summed E-state index contributed by atoms with van der Waals surface area (Å²) in [6.07, 6.45) is 0.616. The van der Waals surface area contributed by atoms with Crippen molar-refractivity contribution < 1.29 is 23.5 Å². The molecule has 0 bridgehead atoms. The molecule has 0 aromatic heterocycles. The molecule has 19 heavy (non-hydrogen) atoms. The zero-order valence-electron chi connectivity index (χ0n) is 10.0. The molecule has 1 aliphatic heterocycles. The van der Waals surface area contributed by atoms with E-state index in [4.69, 9.17) is 5.11 Å². The van der Waals surface area contributed by atoms with E-state index in [0.717, 1.165) is 0 Å². The van der Waals surface area contributed by atoms with Gasteiger partial charge in [-0.1, -0.05) is 24.3 Å². The van der Waals surface area contributed by atoms with Gasteiger partial charge in [-0.25, -0.2) is 0 Å². The fourth-order valence-corrected chi connectivity index (χ4v) is 2.06. The van der Waals surface area contributed by atoms with Gasteiger partial charge in [0.25, 0.3) is 5.92 Å². The molecule has 1 saturated heterocycles. The molecule has 1 heterocycles. The summed E-state index contributed by atoms with van der Waals surface area (Å²) in [6, 6.07) is 5.24. The van der Waals surface area contributed by atoms with Crippen LogP contribution in [0.15, 0.2) is 24.3 Å². The summed E-state index contributed by atoms with van der Waals surface area (Å²) in [5.41, 5.74) is 0.286. The highest BCUT2D eigenvalue weighted by molar-refractivity contribution is 6.00. The van der Waals surface area contributed by atoms with Crippen molar-refractivity contribution in [3.8, 4) is 0 Å². The molecule has 6 heteroatoms. The smallest absolute Gasteiger partial charge is 0.295 e. The Balaban J connectivity index is 2.19. The first-order valence-corrected chi connectivity index (χ1v) is 5.87. The second-order valence-electron chi connectivity index (χ2n) is 4.49. The van der Waals surface area contributed by atoms with Gasteiger partial charge in [0, 0.05) is 12.0 Å². The Bertz CT molecular complexity index is 499. The zero-order chi connectivity index (χ0) is 14.0. The largest absolute Gasteiger partial charge is 0.390 e. The van der Waals surface area contributed by atoms with Crippen LogP contribution in [0.25, 0.3) is 0 Å². The molecule has 1 aromatic carbocycles. The van der Waals surface area contributed by atoms with Gasteiger partial charge in [0.2, 0.25) is 11.8 Å². The molecule has 4 nitrogen and oxygen atoms in total. The quantitative estimate of drug-likeness (QED) is 0.813. The Morgan fingerprint density at radius 3 is 2.42 bits per heavy atom. The number of halogens is 2. The second kappa shape index (κ2) is 5.05. The number of piperidine rings is 1. The first kappa shape index (κ1) is 13.6. The summed E-state index contributed by atoms with van der Waals surface area (Å²) in [4.78, 5) is 22.6. The topological polar surface area (TPSA) is 66.4 Å². The van der Waals surface area contributed by atoms with Crippen LogP contribution in [0.3, 0.4) is 0 Å². The van der Waals surface area contributed by atoms with E-state index in [1.807, 2.05) is 0 Å². The van der Waals surface area contributed by atoms with Crippen molar-refractivity contribution in [2.24, 2.45) is 0 Å². The van der Waals surface area contributed by atoms with Crippen molar-refractivity contribution in [3.05, 3.63) is 35.4 Å². The molecule has 2 N–H and O–H groups in total. The van der Waals surface area contributed by atoms with Crippen LogP contribution in [0, 0.1) is 0 Å². The van der Waals surface area contributed by atoms with Crippen molar-refractivity contribution in [3.63, 3.8) is 0 Å². The van der Waals surface area contributed by atoms with Gasteiger partial charge in [-0.2, -0.15) is 8.78 Å². The summed E-state index contributed by atoms with van der Waals surface area (Å²) in [7, 11) is 0. The lowest BCUT2D eigenvalue weighted by atomic mass is 9.89. The average molecular weight is 269 g/mol. The van der Waals surface area contributed by atoms with Crippen LogP contribution in [0.1, 0.15) is 29.9 Å². The summed E-state index contributed by atoms with van der Waals surface area (Å²) in [5.74, 6) is -4.50. The number of nitrogens with one attached hydrogen (secondary N) is 1. The van der Waals surface area contributed by atoms with Gasteiger partial charge < -0.3 is 5.11 Å². The van der Waals surface area contributed by atoms with Gasteiger partial charge in [0.15, 0.2) is 0 Å². The molecule has 1 aromatic rings. The lowest BCUT2D eigenvalue weighted by molar-refractivity contribution is -0.134. The predicted octanol–water partition coefficient (Wildman–Crippen LogP) is 1.29. The van der Waals surface area contributed by atoms with E-state index in [2.05, 4.69) is 5.32 Å². The van der Waals surface area contributed by atoms with E-state index >= 15 is 0 Å². The van der Waals surface area contributed by atoms with Gasteiger partial charge in [-0.05, 0) is 12.0 Å². The number of hydrogen-bond acceptors (Lipinski definition) is 3. The molecule has 0 aliphatic carbocycles. The maximum atomic E-state index is 13.2. The highest BCUT2D eigenvalue weighted by atomic mass is 19.3. The van der Waals surface area contributed by atoms with Crippen LogP contribution < -0.4 is 5.32 Å². The van der Waals surface area contributed by atoms with E-state index in [-0.39, 0.29) is 17.9 Å². The number of carbonyl (C=O) groups excluding carboxylic acids is 2. The molecule has 1 aliphatic rings. The first-order valence-electron chi connectivity index (χ1n) is 5.87. The predicted molar refractivity (Wildman–Crippen MR) is 62.5 cm³/mol. The molecular formula is C13H13F2NO3. The highest BCUT2D eigenvalue weighted by Crippen LogP contribution is 2.30.